The summed E-state index contributed by atoms with van der Waals surface area (Å²) < 4.78 is 12.4. The van der Waals surface area contributed by atoms with E-state index in [9.17, 15) is 0 Å². The van der Waals surface area contributed by atoms with Gasteiger partial charge in [-0.1, -0.05) is 6.07 Å². The van der Waals surface area contributed by atoms with E-state index in [0.717, 1.165) is 33.5 Å². The second-order valence-corrected chi connectivity index (χ2v) is 5.47. The molecule has 0 spiro atoms. The van der Waals surface area contributed by atoms with Gasteiger partial charge in [0.05, 0.1) is 6.61 Å². The number of nitrogens with zero attached hydrogens (tertiary/aromatic N) is 1. The zero-order valence-electron chi connectivity index (χ0n) is 12.0. The minimum Gasteiger partial charge on any atom is -0.490 e. The van der Waals surface area contributed by atoms with E-state index in [2.05, 4.69) is 20.9 Å². The van der Waals surface area contributed by atoms with E-state index in [-0.39, 0.29) is 0 Å². The van der Waals surface area contributed by atoms with Gasteiger partial charge >= 0.3 is 0 Å². The summed E-state index contributed by atoms with van der Waals surface area (Å²) in [5, 5.41) is 0. The highest BCUT2D eigenvalue weighted by atomic mass is 79.9. The van der Waals surface area contributed by atoms with Crippen LogP contribution in [-0.2, 0) is 13.0 Å². The highest BCUT2D eigenvalue weighted by Gasteiger charge is 2.07. The molecule has 0 atom stereocenters. The standard InChI is InChI=1S/C16H19BrN2O2/c1-2-20-16-8-12(5-6-18)3-4-15(16)21-11-13-7-14(17)10-19-9-13/h3-4,7-10H,2,5-6,11,18H2,1H3. The van der Waals surface area contributed by atoms with Gasteiger partial charge < -0.3 is 15.2 Å². The number of rotatable bonds is 7. The molecule has 0 saturated carbocycles. The molecule has 4 nitrogen and oxygen atoms in total. The predicted molar refractivity (Wildman–Crippen MR) is 86.6 cm³/mol. The SMILES string of the molecule is CCOc1cc(CCN)ccc1OCc1cncc(Br)c1. The second kappa shape index (κ2) is 8.00. The molecule has 0 amide bonds. The van der Waals surface area contributed by atoms with Gasteiger partial charge in [-0.3, -0.25) is 4.98 Å². The number of hydrogen-bond acceptors (Lipinski definition) is 4. The lowest BCUT2D eigenvalue weighted by Crippen LogP contribution is -2.04. The van der Waals surface area contributed by atoms with E-state index >= 15 is 0 Å². The minimum atomic E-state index is 0.447. The van der Waals surface area contributed by atoms with Crippen LogP contribution in [0.2, 0.25) is 0 Å². The average molecular weight is 351 g/mol. The van der Waals surface area contributed by atoms with Crippen molar-refractivity contribution in [2.45, 2.75) is 20.0 Å². The molecule has 0 fully saturated rings. The molecule has 0 unspecified atom stereocenters. The smallest absolute Gasteiger partial charge is 0.161 e. The molecule has 1 aromatic heterocycles. The van der Waals surface area contributed by atoms with Crippen LogP contribution in [0.15, 0.2) is 41.1 Å². The van der Waals surface area contributed by atoms with Crippen molar-refractivity contribution in [3.63, 3.8) is 0 Å². The highest BCUT2D eigenvalue weighted by Crippen LogP contribution is 2.29. The van der Waals surface area contributed by atoms with Gasteiger partial charge in [-0.15, -0.1) is 0 Å². The predicted octanol–water partition coefficient (Wildman–Crippen LogP) is 3.32. The lowest BCUT2D eigenvalue weighted by molar-refractivity contribution is 0.269. The molecule has 0 saturated heterocycles. The fourth-order valence-corrected chi connectivity index (χ4v) is 2.37. The van der Waals surface area contributed by atoms with Gasteiger partial charge in [0.25, 0.3) is 0 Å². The third kappa shape index (κ3) is 4.72. The van der Waals surface area contributed by atoms with E-state index < -0.39 is 0 Å². The van der Waals surface area contributed by atoms with Gasteiger partial charge in [-0.25, -0.2) is 0 Å². The van der Waals surface area contributed by atoms with E-state index in [0.29, 0.717) is 19.8 Å². The average Bonchev–Trinajstić information content (AvgIpc) is 2.47. The molecule has 0 aliphatic heterocycles. The number of halogens is 1. The number of hydrogen-bond donors (Lipinski definition) is 1. The Balaban J connectivity index is 2.11. The van der Waals surface area contributed by atoms with Crippen LogP contribution in [0.25, 0.3) is 0 Å². The summed E-state index contributed by atoms with van der Waals surface area (Å²) in [5.41, 5.74) is 7.74. The molecule has 5 heteroatoms. The summed E-state index contributed by atoms with van der Waals surface area (Å²) in [4.78, 5) is 4.12. The third-order valence-electron chi connectivity index (χ3n) is 2.90. The maximum atomic E-state index is 5.85. The molecule has 1 heterocycles. The van der Waals surface area contributed by atoms with Crippen LogP contribution in [0, 0.1) is 0 Å². The van der Waals surface area contributed by atoms with Gasteiger partial charge in [0.1, 0.15) is 6.61 Å². The monoisotopic (exact) mass is 350 g/mol. The van der Waals surface area contributed by atoms with Gasteiger partial charge in [0.2, 0.25) is 0 Å². The first-order valence-electron chi connectivity index (χ1n) is 6.91. The van der Waals surface area contributed by atoms with E-state index in [4.69, 9.17) is 15.2 Å². The Labute approximate surface area is 133 Å². The summed E-state index contributed by atoms with van der Waals surface area (Å²) >= 11 is 3.40. The van der Waals surface area contributed by atoms with Gasteiger partial charge in [-0.05, 0) is 59.6 Å². The Bertz CT molecular complexity index is 590. The molecule has 0 aliphatic carbocycles. The van der Waals surface area contributed by atoms with Crippen LogP contribution >= 0.6 is 15.9 Å². The van der Waals surface area contributed by atoms with E-state index in [1.165, 1.54) is 0 Å². The highest BCUT2D eigenvalue weighted by molar-refractivity contribution is 9.10. The number of ether oxygens (including phenoxy) is 2. The van der Waals surface area contributed by atoms with Crippen molar-refractivity contribution in [3.05, 3.63) is 52.3 Å². The molecule has 2 N–H and O–H groups in total. The Hall–Kier alpha value is -1.59. The maximum Gasteiger partial charge on any atom is 0.161 e. The number of nitrogens with two attached hydrogens (primary N) is 1. The van der Waals surface area contributed by atoms with Crippen molar-refractivity contribution in [1.29, 1.82) is 0 Å². The largest absolute Gasteiger partial charge is 0.490 e. The molecule has 2 aromatic rings. The first-order chi connectivity index (χ1) is 10.2. The van der Waals surface area contributed by atoms with E-state index in [1.807, 2.05) is 31.2 Å². The summed E-state index contributed by atoms with van der Waals surface area (Å²) in [5.74, 6) is 1.49. The topological polar surface area (TPSA) is 57.4 Å². The van der Waals surface area contributed by atoms with Crippen LogP contribution in [0.1, 0.15) is 18.1 Å². The van der Waals surface area contributed by atoms with E-state index in [1.54, 1.807) is 12.4 Å². The molecule has 0 aliphatic rings. The molecule has 2 rings (SSSR count). The normalized spacial score (nSPS) is 10.4. The molecule has 1 aromatic carbocycles. The Kier molecular flexibility index (Phi) is 6.02. The Morgan fingerprint density at radius 2 is 1.95 bits per heavy atom. The van der Waals surface area contributed by atoms with Crippen molar-refractivity contribution in [2.75, 3.05) is 13.2 Å². The first kappa shape index (κ1) is 15.8. The van der Waals surface area contributed by atoms with Crippen molar-refractivity contribution in [1.82, 2.24) is 4.98 Å². The molecular weight excluding hydrogens is 332 g/mol. The first-order valence-corrected chi connectivity index (χ1v) is 7.70. The lowest BCUT2D eigenvalue weighted by atomic mass is 10.1. The van der Waals surface area contributed by atoms with Crippen LogP contribution in [0.3, 0.4) is 0 Å². The number of aromatic nitrogens is 1. The van der Waals surface area contributed by atoms with Crippen LogP contribution < -0.4 is 15.2 Å². The van der Waals surface area contributed by atoms with Crippen LogP contribution in [-0.4, -0.2) is 18.1 Å². The zero-order chi connectivity index (χ0) is 15.1. The fourth-order valence-electron chi connectivity index (χ4n) is 1.96. The van der Waals surface area contributed by atoms with Crippen molar-refractivity contribution >= 4 is 15.9 Å². The van der Waals surface area contributed by atoms with Crippen molar-refractivity contribution < 1.29 is 9.47 Å². The van der Waals surface area contributed by atoms with Crippen molar-refractivity contribution in [2.24, 2.45) is 5.73 Å². The number of pyridine rings is 1. The van der Waals surface area contributed by atoms with Crippen LogP contribution in [0.4, 0.5) is 0 Å². The molecule has 0 bridgehead atoms. The van der Waals surface area contributed by atoms with Crippen molar-refractivity contribution in [3.8, 4) is 11.5 Å². The molecule has 112 valence electrons. The lowest BCUT2D eigenvalue weighted by Gasteiger charge is -2.13. The summed E-state index contributed by atoms with van der Waals surface area (Å²) in [6, 6.07) is 7.92. The summed E-state index contributed by atoms with van der Waals surface area (Å²) in [7, 11) is 0. The molecule has 21 heavy (non-hydrogen) atoms. The zero-order valence-corrected chi connectivity index (χ0v) is 13.6. The summed E-state index contributed by atoms with van der Waals surface area (Å²) in [6.07, 6.45) is 4.36. The second-order valence-electron chi connectivity index (χ2n) is 4.55. The number of benzene rings is 1. The Morgan fingerprint density at radius 3 is 2.67 bits per heavy atom. The molecule has 0 radical (unpaired) electrons. The van der Waals surface area contributed by atoms with Gasteiger partial charge in [-0.2, -0.15) is 0 Å². The van der Waals surface area contributed by atoms with Crippen LogP contribution in [0.5, 0.6) is 11.5 Å². The minimum absolute atomic E-state index is 0.447. The Morgan fingerprint density at radius 1 is 1.10 bits per heavy atom. The maximum absolute atomic E-state index is 5.85. The third-order valence-corrected chi connectivity index (χ3v) is 3.33. The van der Waals surface area contributed by atoms with Gasteiger partial charge in [0, 0.05) is 22.4 Å². The summed E-state index contributed by atoms with van der Waals surface area (Å²) in [6.45, 7) is 3.62. The fraction of sp³-hybridized carbons (Fsp3) is 0.312. The quantitative estimate of drug-likeness (QED) is 0.831. The van der Waals surface area contributed by atoms with Gasteiger partial charge in [0.15, 0.2) is 11.5 Å². The molecular formula is C16H19BrN2O2.